The Bertz CT molecular complexity index is 398. The van der Waals surface area contributed by atoms with Crippen LogP contribution in [-0.4, -0.2) is 12.4 Å². The number of ketones is 1. The molecule has 1 aromatic carbocycles. The van der Waals surface area contributed by atoms with E-state index in [4.69, 9.17) is 4.74 Å². The van der Waals surface area contributed by atoms with Crippen molar-refractivity contribution in [2.24, 2.45) is 5.92 Å². The summed E-state index contributed by atoms with van der Waals surface area (Å²) >= 11 is 0. The molecular weight excluding hydrogens is 212 g/mol. The molecular formula is C15H20O2. The van der Waals surface area contributed by atoms with E-state index < -0.39 is 0 Å². The van der Waals surface area contributed by atoms with Crippen molar-refractivity contribution in [3.63, 3.8) is 0 Å². The zero-order chi connectivity index (χ0) is 12.3. The van der Waals surface area contributed by atoms with Crippen LogP contribution in [0.5, 0.6) is 0 Å². The third-order valence-electron chi connectivity index (χ3n) is 3.46. The van der Waals surface area contributed by atoms with Gasteiger partial charge in [0.05, 0.1) is 6.61 Å². The van der Waals surface area contributed by atoms with Crippen LogP contribution in [0.15, 0.2) is 24.3 Å². The average Bonchev–Trinajstić information content (AvgIpc) is 2.37. The first-order valence-corrected chi connectivity index (χ1v) is 6.47. The fourth-order valence-electron chi connectivity index (χ4n) is 2.46. The maximum absolute atomic E-state index is 12.3. The van der Waals surface area contributed by atoms with Crippen molar-refractivity contribution in [1.82, 2.24) is 0 Å². The predicted octanol–water partition coefficient (Wildman–Crippen LogP) is 3.31. The molecule has 0 radical (unpaired) electrons. The third-order valence-corrected chi connectivity index (χ3v) is 3.46. The van der Waals surface area contributed by atoms with Crippen LogP contribution in [0.2, 0.25) is 0 Å². The average molecular weight is 232 g/mol. The number of fused-ring (bicyclic) bond motifs is 1. The number of hydrogen-bond acceptors (Lipinski definition) is 2. The first-order chi connectivity index (χ1) is 8.24. The van der Waals surface area contributed by atoms with Crippen LogP contribution in [0.3, 0.4) is 0 Å². The van der Waals surface area contributed by atoms with Crippen molar-refractivity contribution in [3.05, 3.63) is 35.4 Å². The molecule has 0 saturated heterocycles. The van der Waals surface area contributed by atoms with Crippen LogP contribution in [0.1, 0.15) is 43.9 Å². The molecule has 92 valence electrons. The van der Waals surface area contributed by atoms with Crippen molar-refractivity contribution in [2.75, 3.05) is 6.61 Å². The van der Waals surface area contributed by atoms with Gasteiger partial charge in [0.1, 0.15) is 6.10 Å². The molecule has 2 unspecified atom stereocenters. The van der Waals surface area contributed by atoms with Gasteiger partial charge >= 0.3 is 0 Å². The van der Waals surface area contributed by atoms with E-state index in [0.717, 1.165) is 24.8 Å². The van der Waals surface area contributed by atoms with Gasteiger partial charge in [-0.3, -0.25) is 4.79 Å². The zero-order valence-electron chi connectivity index (χ0n) is 10.6. The fourth-order valence-corrected chi connectivity index (χ4v) is 2.46. The Labute approximate surface area is 103 Å². The molecule has 2 heteroatoms. The van der Waals surface area contributed by atoms with Crippen LogP contribution >= 0.6 is 0 Å². The lowest BCUT2D eigenvalue weighted by atomic mass is 9.89. The quantitative estimate of drug-likeness (QED) is 0.796. The molecule has 0 bridgehead atoms. The van der Waals surface area contributed by atoms with E-state index in [0.29, 0.717) is 6.61 Å². The maximum Gasteiger partial charge on any atom is 0.168 e. The molecule has 1 aliphatic heterocycles. The first-order valence-electron chi connectivity index (χ1n) is 6.47. The third kappa shape index (κ3) is 2.58. The second kappa shape index (κ2) is 5.46. The fraction of sp³-hybridized carbons (Fsp3) is 0.533. The minimum atomic E-state index is -0.332. The first kappa shape index (κ1) is 12.3. The monoisotopic (exact) mass is 232 g/mol. The van der Waals surface area contributed by atoms with Crippen molar-refractivity contribution in [3.8, 4) is 0 Å². The highest BCUT2D eigenvalue weighted by atomic mass is 16.5. The molecule has 0 amide bonds. The Morgan fingerprint density at radius 2 is 2.24 bits per heavy atom. The van der Waals surface area contributed by atoms with E-state index in [9.17, 15) is 4.79 Å². The van der Waals surface area contributed by atoms with Gasteiger partial charge in [-0.05, 0) is 24.0 Å². The van der Waals surface area contributed by atoms with Crippen molar-refractivity contribution in [1.29, 1.82) is 0 Å². The molecule has 0 saturated carbocycles. The molecule has 17 heavy (non-hydrogen) atoms. The summed E-state index contributed by atoms with van der Waals surface area (Å²) in [6.45, 7) is 4.78. The summed E-state index contributed by atoms with van der Waals surface area (Å²) in [5.41, 5.74) is 2.34. The van der Waals surface area contributed by atoms with E-state index >= 15 is 0 Å². The Morgan fingerprint density at radius 1 is 1.47 bits per heavy atom. The van der Waals surface area contributed by atoms with Gasteiger partial charge in [-0.25, -0.2) is 0 Å². The standard InChI is InChI=1S/C15H20O2/c1-3-6-11(2)14(16)15-13-8-5-4-7-12(13)9-10-17-15/h4-5,7-8,11,15H,3,6,9-10H2,1-2H3. The Balaban J connectivity index is 2.20. The number of ether oxygens (including phenoxy) is 1. The van der Waals surface area contributed by atoms with Gasteiger partial charge in [0.2, 0.25) is 0 Å². The number of hydrogen-bond donors (Lipinski definition) is 0. The van der Waals surface area contributed by atoms with Crippen molar-refractivity contribution in [2.45, 2.75) is 39.2 Å². The number of carbonyl (C=O) groups is 1. The number of carbonyl (C=O) groups excluding carboxylic acids is 1. The highest BCUT2D eigenvalue weighted by molar-refractivity contribution is 5.86. The Hall–Kier alpha value is -1.15. The summed E-state index contributed by atoms with van der Waals surface area (Å²) in [6, 6.07) is 8.14. The van der Waals surface area contributed by atoms with Crippen LogP contribution in [0, 0.1) is 5.92 Å². The van der Waals surface area contributed by atoms with Gasteiger partial charge < -0.3 is 4.74 Å². The van der Waals surface area contributed by atoms with Gasteiger partial charge in [0.15, 0.2) is 5.78 Å². The summed E-state index contributed by atoms with van der Waals surface area (Å²) in [5.74, 6) is 0.329. The van der Waals surface area contributed by atoms with Crippen LogP contribution in [0.4, 0.5) is 0 Å². The van der Waals surface area contributed by atoms with E-state index in [1.165, 1.54) is 5.56 Å². The minimum absolute atomic E-state index is 0.0937. The molecule has 2 atom stereocenters. The summed E-state index contributed by atoms with van der Waals surface area (Å²) in [4.78, 5) is 12.3. The Kier molecular flexibility index (Phi) is 3.95. The summed E-state index contributed by atoms with van der Waals surface area (Å²) < 4.78 is 5.68. The smallest absolute Gasteiger partial charge is 0.168 e. The highest BCUT2D eigenvalue weighted by Crippen LogP contribution is 2.30. The SMILES string of the molecule is CCCC(C)C(=O)C1OCCc2ccccc21. The van der Waals surface area contributed by atoms with Crippen LogP contribution < -0.4 is 0 Å². The predicted molar refractivity (Wildman–Crippen MR) is 67.9 cm³/mol. The molecule has 0 N–H and O–H groups in total. The number of rotatable bonds is 4. The highest BCUT2D eigenvalue weighted by Gasteiger charge is 2.29. The molecule has 0 aromatic heterocycles. The largest absolute Gasteiger partial charge is 0.365 e. The zero-order valence-corrected chi connectivity index (χ0v) is 10.6. The van der Waals surface area contributed by atoms with E-state index in [1.54, 1.807) is 0 Å². The van der Waals surface area contributed by atoms with Crippen LogP contribution in [-0.2, 0) is 16.0 Å². The molecule has 0 fully saturated rings. The van der Waals surface area contributed by atoms with Gasteiger partial charge in [-0.1, -0.05) is 44.5 Å². The van der Waals surface area contributed by atoms with E-state index in [1.807, 2.05) is 25.1 Å². The lowest BCUT2D eigenvalue weighted by Crippen LogP contribution is -2.27. The van der Waals surface area contributed by atoms with Gasteiger partial charge in [-0.15, -0.1) is 0 Å². The molecule has 2 rings (SSSR count). The molecule has 0 spiro atoms. The van der Waals surface area contributed by atoms with Gasteiger partial charge in [-0.2, -0.15) is 0 Å². The molecule has 2 nitrogen and oxygen atoms in total. The summed E-state index contributed by atoms with van der Waals surface area (Å²) in [5, 5.41) is 0. The van der Waals surface area contributed by atoms with E-state index in [-0.39, 0.29) is 17.8 Å². The molecule has 0 aliphatic carbocycles. The van der Waals surface area contributed by atoms with E-state index in [2.05, 4.69) is 13.0 Å². The van der Waals surface area contributed by atoms with Gasteiger partial charge in [0.25, 0.3) is 0 Å². The van der Waals surface area contributed by atoms with Crippen LogP contribution in [0.25, 0.3) is 0 Å². The molecule has 1 aromatic rings. The lowest BCUT2D eigenvalue weighted by Gasteiger charge is -2.27. The lowest BCUT2D eigenvalue weighted by molar-refractivity contribution is -0.135. The Morgan fingerprint density at radius 3 is 3.00 bits per heavy atom. The summed E-state index contributed by atoms with van der Waals surface area (Å²) in [7, 11) is 0. The second-order valence-electron chi connectivity index (χ2n) is 4.79. The topological polar surface area (TPSA) is 26.3 Å². The van der Waals surface area contributed by atoms with Crippen molar-refractivity contribution < 1.29 is 9.53 Å². The molecule has 1 aliphatic rings. The minimum Gasteiger partial charge on any atom is -0.365 e. The van der Waals surface area contributed by atoms with Gasteiger partial charge in [0, 0.05) is 5.92 Å². The number of Topliss-reactive ketones (excluding diaryl/α,β-unsaturated/α-hetero) is 1. The second-order valence-corrected chi connectivity index (χ2v) is 4.79. The maximum atomic E-state index is 12.3. The molecule has 1 heterocycles. The van der Waals surface area contributed by atoms with Crippen molar-refractivity contribution >= 4 is 5.78 Å². The number of benzene rings is 1. The normalized spacial score (nSPS) is 20.7. The summed E-state index contributed by atoms with van der Waals surface area (Å²) in [6.07, 6.45) is 2.58.